The van der Waals surface area contributed by atoms with E-state index in [4.69, 9.17) is 0 Å². The van der Waals surface area contributed by atoms with Gasteiger partial charge >= 0.3 is 0 Å². The van der Waals surface area contributed by atoms with E-state index in [0.717, 1.165) is 12.1 Å². The lowest BCUT2D eigenvalue weighted by molar-refractivity contribution is -0.672. The highest BCUT2D eigenvalue weighted by molar-refractivity contribution is 5.97. The van der Waals surface area contributed by atoms with E-state index in [1.165, 1.54) is 39.1 Å². The van der Waals surface area contributed by atoms with Crippen LogP contribution in [0.4, 0.5) is 0 Å². The Kier molecular flexibility index (Phi) is 3.28. The van der Waals surface area contributed by atoms with E-state index < -0.39 is 0 Å². The molecule has 0 bridgehead atoms. The van der Waals surface area contributed by atoms with E-state index in [0.29, 0.717) is 0 Å². The zero-order chi connectivity index (χ0) is 18.9. The Morgan fingerprint density at radius 2 is 1.74 bits per heavy atom. The van der Waals surface area contributed by atoms with E-state index in [1.807, 2.05) is 26.1 Å². The Labute approximate surface area is 160 Å². The van der Waals surface area contributed by atoms with Crippen LogP contribution >= 0.6 is 0 Å². The number of fused-ring (bicyclic) bond motifs is 6. The van der Waals surface area contributed by atoms with Gasteiger partial charge in [0.1, 0.15) is 0 Å². The number of nitrogens with zero attached hydrogens (tertiary/aromatic N) is 1. The van der Waals surface area contributed by atoms with E-state index in [2.05, 4.69) is 60.9 Å². The van der Waals surface area contributed by atoms with Crippen molar-refractivity contribution in [2.75, 3.05) is 0 Å². The molecule has 0 saturated heterocycles. The quantitative estimate of drug-likeness (QED) is 0.360. The summed E-state index contributed by atoms with van der Waals surface area (Å²) in [6.07, 6.45) is 2.03. The number of Topliss-reactive ketones (excluding diaryl/α,β-unsaturated/α-hetero) is 1. The van der Waals surface area contributed by atoms with Gasteiger partial charge in [-0.25, -0.2) is 0 Å². The van der Waals surface area contributed by atoms with Crippen molar-refractivity contribution in [3.05, 3.63) is 77.0 Å². The molecule has 1 aliphatic carbocycles. The number of benzene rings is 2. The van der Waals surface area contributed by atoms with Crippen molar-refractivity contribution in [1.29, 1.82) is 0 Å². The summed E-state index contributed by atoms with van der Waals surface area (Å²) in [5.74, 6) is 0.229. The molecule has 0 fully saturated rings. The second kappa shape index (κ2) is 5.39. The first-order chi connectivity index (χ1) is 12.9. The molecule has 0 amide bonds. The van der Waals surface area contributed by atoms with Crippen LogP contribution in [0.5, 0.6) is 0 Å². The molecule has 134 valence electrons. The molecule has 2 aliphatic rings. The van der Waals surface area contributed by atoms with Crippen LogP contribution in [0.25, 0.3) is 22.4 Å². The highest BCUT2D eigenvalue weighted by atomic mass is 16.1. The van der Waals surface area contributed by atoms with Gasteiger partial charge in [-0.15, -0.1) is 0 Å². The normalized spacial score (nSPS) is 15.3. The average molecular weight is 354 g/mol. The number of rotatable bonds is 2. The van der Waals surface area contributed by atoms with Gasteiger partial charge in [0, 0.05) is 23.0 Å². The fourth-order valence-corrected chi connectivity index (χ4v) is 4.74. The molecule has 1 aromatic heterocycles. The molecule has 2 nitrogen and oxygen atoms in total. The number of hydrogen-bond acceptors (Lipinski definition) is 1. The predicted molar refractivity (Wildman–Crippen MR) is 108 cm³/mol. The summed E-state index contributed by atoms with van der Waals surface area (Å²) in [5, 5.41) is 0. The maximum absolute atomic E-state index is 12.4. The van der Waals surface area contributed by atoms with Gasteiger partial charge in [0.25, 0.3) is 0 Å². The number of ketones is 1. The third kappa shape index (κ3) is 2.19. The molecule has 0 N–H and O–H groups in total. The maximum atomic E-state index is 12.4. The Balaban J connectivity index is 1.66. The van der Waals surface area contributed by atoms with Crippen LogP contribution in [0.15, 0.2) is 54.7 Å². The Hall–Kier alpha value is -2.74. The first kappa shape index (κ1) is 16.4. The fraction of sp³-hybridized carbons (Fsp3) is 0.280. The molecule has 0 saturated carbocycles. The van der Waals surface area contributed by atoms with Gasteiger partial charge in [-0.3, -0.25) is 4.79 Å². The average Bonchev–Trinajstić information content (AvgIpc) is 3.12. The minimum atomic E-state index is 0.0158. The van der Waals surface area contributed by atoms with Crippen molar-refractivity contribution < 1.29 is 9.36 Å². The molecule has 3 aromatic rings. The Morgan fingerprint density at radius 1 is 0.963 bits per heavy atom. The number of pyridine rings is 1. The van der Waals surface area contributed by atoms with Gasteiger partial charge in [0.15, 0.2) is 18.5 Å². The molecule has 2 heterocycles. The van der Waals surface area contributed by atoms with Crippen LogP contribution < -0.4 is 4.57 Å². The number of aromatic nitrogens is 1. The molecule has 2 heteroatoms. The molecule has 0 spiro atoms. The molecule has 1 aliphatic heterocycles. The van der Waals surface area contributed by atoms with Gasteiger partial charge in [-0.1, -0.05) is 52.0 Å². The van der Waals surface area contributed by atoms with Crippen molar-refractivity contribution in [2.45, 2.75) is 39.7 Å². The summed E-state index contributed by atoms with van der Waals surface area (Å²) in [6.45, 7) is 9.38. The summed E-state index contributed by atoms with van der Waals surface area (Å²) < 4.78 is 2.23. The van der Waals surface area contributed by atoms with Crippen LogP contribution in [0.3, 0.4) is 0 Å². The fourth-order valence-electron chi connectivity index (χ4n) is 4.74. The van der Waals surface area contributed by atoms with Crippen molar-refractivity contribution in [3.8, 4) is 22.4 Å². The van der Waals surface area contributed by atoms with Crippen molar-refractivity contribution in [1.82, 2.24) is 0 Å². The van der Waals surface area contributed by atoms with Crippen molar-refractivity contribution in [2.24, 2.45) is 5.92 Å². The van der Waals surface area contributed by atoms with Crippen molar-refractivity contribution in [3.63, 3.8) is 0 Å². The van der Waals surface area contributed by atoms with E-state index in [1.54, 1.807) is 0 Å². The highest BCUT2D eigenvalue weighted by Gasteiger charge is 2.38. The van der Waals surface area contributed by atoms with Gasteiger partial charge in [-0.2, -0.15) is 4.57 Å². The van der Waals surface area contributed by atoms with Crippen LogP contribution in [0.2, 0.25) is 0 Å². The first-order valence-electron chi connectivity index (χ1n) is 9.73. The standard InChI is InChI=1S/C25H24NO/c1-15(2)24(27)16-9-10-23-19-12-22-20(11-17(19)14-26(23)13-16)18-7-5-6-8-21(18)25(22,3)4/h5-13,15H,14H2,1-4H3/q+1. The van der Waals surface area contributed by atoms with Crippen LogP contribution in [-0.4, -0.2) is 5.78 Å². The number of hydrogen-bond donors (Lipinski definition) is 0. The molecular weight excluding hydrogens is 330 g/mol. The second-order valence-corrected chi connectivity index (χ2v) is 8.68. The number of carbonyl (C=O) groups is 1. The topological polar surface area (TPSA) is 20.9 Å². The Bertz CT molecular complexity index is 1120. The van der Waals surface area contributed by atoms with Gasteiger partial charge in [-0.05, 0) is 40.5 Å². The highest BCUT2D eigenvalue weighted by Crippen LogP contribution is 2.50. The lowest BCUT2D eigenvalue weighted by atomic mass is 9.81. The lowest BCUT2D eigenvalue weighted by Gasteiger charge is -2.21. The predicted octanol–water partition coefficient (Wildman–Crippen LogP) is 5.15. The summed E-state index contributed by atoms with van der Waals surface area (Å²) in [4.78, 5) is 12.4. The zero-order valence-electron chi connectivity index (χ0n) is 16.3. The summed E-state index contributed by atoms with van der Waals surface area (Å²) in [5.41, 5.74) is 10.2. The van der Waals surface area contributed by atoms with Crippen LogP contribution in [-0.2, 0) is 12.0 Å². The summed E-state index contributed by atoms with van der Waals surface area (Å²) in [6, 6.07) is 17.6. The van der Waals surface area contributed by atoms with Gasteiger partial charge < -0.3 is 0 Å². The van der Waals surface area contributed by atoms with Crippen LogP contribution in [0.1, 0.15) is 54.7 Å². The second-order valence-electron chi connectivity index (χ2n) is 8.68. The van der Waals surface area contributed by atoms with Gasteiger partial charge in [0.05, 0.1) is 11.1 Å². The molecule has 2 aromatic carbocycles. The third-order valence-corrected chi connectivity index (χ3v) is 6.26. The van der Waals surface area contributed by atoms with E-state index in [9.17, 15) is 4.79 Å². The Morgan fingerprint density at radius 3 is 2.52 bits per heavy atom. The lowest BCUT2D eigenvalue weighted by Crippen LogP contribution is -2.33. The molecule has 5 rings (SSSR count). The number of carbonyl (C=O) groups excluding carboxylic acids is 1. The van der Waals surface area contributed by atoms with Crippen LogP contribution in [0, 0.1) is 5.92 Å². The minimum absolute atomic E-state index is 0.0158. The minimum Gasteiger partial charge on any atom is -0.294 e. The largest absolute Gasteiger partial charge is 0.294 e. The SMILES string of the molecule is CC(C)C(=O)c1ccc2[n+](c1)Cc1cc3c(cc1-2)C(C)(C)c1ccccc1-3. The first-order valence-corrected chi connectivity index (χ1v) is 9.73. The third-order valence-electron chi connectivity index (χ3n) is 6.26. The zero-order valence-corrected chi connectivity index (χ0v) is 16.3. The molecular formula is C25H24NO+. The maximum Gasteiger partial charge on any atom is 0.213 e. The molecule has 0 unspecified atom stereocenters. The summed E-state index contributed by atoms with van der Waals surface area (Å²) >= 11 is 0. The monoisotopic (exact) mass is 354 g/mol. The van der Waals surface area contributed by atoms with E-state index in [-0.39, 0.29) is 17.1 Å². The van der Waals surface area contributed by atoms with Crippen molar-refractivity contribution >= 4 is 5.78 Å². The smallest absolute Gasteiger partial charge is 0.213 e. The van der Waals surface area contributed by atoms with E-state index >= 15 is 0 Å². The molecule has 0 radical (unpaired) electrons. The van der Waals surface area contributed by atoms with Gasteiger partial charge in [0.2, 0.25) is 5.69 Å². The summed E-state index contributed by atoms with van der Waals surface area (Å²) in [7, 11) is 0. The molecule has 0 atom stereocenters. The molecule has 27 heavy (non-hydrogen) atoms.